The fraction of sp³-hybridized carbons (Fsp3) is 0.800. The van der Waals surface area contributed by atoms with Gasteiger partial charge in [0.2, 0.25) is 5.91 Å². The van der Waals surface area contributed by atoms with Gasteiger partial charge >= 0.3 is 0 Å². The Morgan fingerprint density at radius 3 is 2.43 bits per heavy atom. The van der Waals surface area contributed by atoms with Gasteiger partial charge < -0.3 is 11.1 Å². The molecule has 0 saturated heterocycles. The van der Waals surface area contributed by atoms with Gasteiger partial charge in [0.25, 0.3) is 0 Å². The molecule has 0 aliphatic heterocycles. The summed E-state index contributed by atoms with van der Waals surface area (Å²) in [6.07, 6.45) is 1.81. The average Bonchev–Trinajstić information content (AvgIpc) is 2.15. The Morgan fingerprint density at radius 2 is 2.00 bits per heavy atom. The summed E-state index contributed by atoms with van der Waals surface area (Å²) in [6.45, 7) is 3.79. The number of rotatable bonds is 6. The summed E-state index contributed by atoms with van der Waals surface area (Å²) in [5.41, 5.74) is 5.65. The van der Waals surface area contributed by atoms with E-state index in [9.17, 15) is 9.59 Å². The predicted octanol–water partition coefficient (Wildman–Crippen LogP) is 0.455. The molecule has 0 saturated carbocycles. The van der Waals surface area contributed by atoms with E-state index in [-0.39, 0.29) is 17.6 Å². The number of amides is 1. The molecule has 0 bridgehead atoms. The maximum Gasteiger partial charge on any atom is 0.236 e. The summed E-state index contributed by atoms with van der Waals surface area (Å²) in [7, 11) is 1.54. The zero-order chi connectivity index (χ0) is 11.1. The Labute approximate surface area is 85.2 Å². The van der Waals surface area contributed by atoms with Crippen LogP contribution in [0.15, 0.2) is 0 Å². The molecule has 0 spiro atoms. The quantitative estimate of drug-likeness (QED) is 0.654. The molecule has 82 valence electrons. The Kier molecular flexibility index (Phi) is 6.12. The highest BCUT2D eigenvalue weighted by Gasteiger charge is 2.21. The van der Waals surface area contributed by atoms with Crippen LogP contribution in [0.4, 0.5) is 0 Å². The zero-order valence-corrected chi connectivity index (χ0v) is 9.17. The molecular weight excluding hydrogens is 180 g/mol. The van der Waals surface area contributed by atoms with Crippen LogP contribution < -0.4 is 11.1 Å². The second kappa shape index (κ2) is 6.54. The molecule has 0 radical (unpaired) electrons. The third kappa shape index (κ3) is 4.37. The maximum absolute atomic E-state index is 11.3. The molecule has 0 rings (SSSR count). The third-order valence-corrected chi connectivity index (χ3v) is 2.24. The number of likely N-dealkylation sites (N-methyl/N-ethyl adjacent to an activating group) is 1. The van der Waals surface area contributed by atoms with Crippen LogP contribution in [0.1, 0.15) is 33.1 Å². The number of hydrogen-bond donors (Lipinski definition) is 2. The minimum Gasteiger partial charge on any atom is -0.358 e. The predicted molar refractivity (Wildman–Crippen MR) is 55.7 cm³/mol. The first kappa shape index (κ1) is 13.1. The lowest BCUT2D eigenvalue weighted by Gasteiger charge is -2.17. The van der Waals surface area contributed by atoms with Crippen molar-refractivity contribution >= 4 is 11.7 Å². The topological polar surface area (TPSA) is 72.2 Å². The molecule has 4 heteroatoms. The van der Waals surface area contributed by atoms with Gasteiger partial charge in [-0.1, -0.05) is 13.8 Å². The molecule has 0 fully saturated rings. The van der Waals surface area contributed by atoms with Crippen LogP contribution in [0, 0.1) is 5.92 Å². The van der Waals surface area contributed by atoms with E-state index in [1.165, 1.54) is 0 Å². The molecule has 1 amide bonds. The van der Waals surface area contributed by atoms with Crippen LogP contribution in [0.3, 0.4) is 0 Å². The number of nitrogens with two attached hydrogens (primary N) is 1. The molecule has 3 N–H and O–H groups in total. The number of carbonyl (C=O) groups excluding carboxylic acids is 2. The van der Waals surface area contributed by atoms with Gasteiger partial charge in [-0.15, -0.1) is 0 Å². The van der Waals surface area contributed by atoms with Crippen molar-refractivity contribution in [2.75, 3.05) is 7.05 Å². The lowest BCUT2D eigenvalue weighted by molar-refractivity contribution is -0.124. The molecule has 0 aromatic heterocycles. The summed E-state index contributed by atoms with van der Waals surface area (Å²) < 4.78 is 0. The van der Waals surface area contributed by atoms with Crippen molar-refractivity contribution in [2.45, 2.75) is 39.2 Å². The molecule has 2 atom stereocenters. The minimum absolute atomic E-state index is 0.0889. The Hall–Kier alpha value is -0.900. The van der Waals surface area contributed by atoms with Gasteiger partial charge in [0.15, 0.2) is 0 Å². The lowest BCUT2D eigenvalue weighted by atomic mass is 9.94. The van der Waals surface area contributed by atoms with Gasteiger partial charge in [0.05, 0.1) is 6.04 Å². The van der Waals surface area contributed by atoms with E-state index < -0.39 is 6.04 Å². The highest BCUT2D eigenvalue weighted by molar-refractivity contribution is 5.83. The van der Waals surface area contributed by atoms with Crippen molar-refractivity contribution in [1.82, 2.24) is 5.32 Å². The molecule has 0 aromatic carbocycles. The normalized spacial score (nSPS) is 14.6. The lowest BCUT2D eigenvalue weighted by Crippen LogP contribution is -2.43. The van der Waals surface area contributed by atoms with Gasteiger partial charge in [0.1, 0.15) is 5.78 Å². The molecule has 0 aliphatic carbocycles. The van der Waals surface area contributed by atoms with E-state index in [1.807, 2.05) is 13.8 Å². The molecule has 4 nitrogen and oxygen atoms in total. The number of Topliss-reactive ketones (excluding diaryl/α,β-unsaturated/α-hetero) is 1. The average molecular weight is 200 g/mol. The molecular formula is C10H20N2O2. The van der Waals surface area contributed by atoms with Crippen molar-refractivity contribution in [3.63, 3.8) is 0 Å². The van der Waals surface area contributed by atoms with Crippen LogP contribution in [0.5, 0.6) is 0 Å². The van der Waals surface area contributed by atoms with Crippen molar-refractivity contribution in [3.8, 4) is 0 Å². The van der Waals surface area contributed by atoms with Crippen LogP contribution in [0.2, 0.25) is 0 Å². The summed E-state index contributed by atoms with van der Waals surface area (Å²) in [5, 5.41) is 2.48. The number of ketones is 1. The first-order valence-corrected chi connectivity index (χ1v) is 5.01. The van der Waals surface area contributed by atoms with Gasteiger partial charge in [-0.2, -0.15) is 0 Å². The largest absolute Gasteiger partial charge is 0.358 e. The fourth-order valence-corrected chi connectivity index (χ4v) is 1.29. The Bertz CT molecular complexity index is 204. The van der Waals surface area contributed by atoms with Crippen LogP contribution >= 0.6 is 0 Å². The Morgan fingerprint density at radius 1 is 1.43 bits per heavy atom. The second-order valence-corrected chi connectivity index (χ2v) is 3.61. The number of hydrogen-bond acceptors (Lipinski definition) is 3. The molecule has 0 aromatic rings. The van der Waals surface area contributed by atoms with Crippen molar-refractivity contribution in [3.05, 3.63) is 0 Å². The van der Waals surface area contributed by atoms with Crippen LogP contribution in [-0.4, -0.2) is 24.8 Å². The number of nitrogens with one attached hydrogen (secondary N) is 1. The van der Waals surface area contributed by atoms with Gasteiger partial charge in [-0.3, -0.25) is 9.59 Å². The van der Waals surface area contributed by atoms with E-state index in [4.69, 9.17) is 5.73 Å². The summed E-state index contributed by atoms with van der Waals surface area (Å²) in [6, 6.07) is -0.583. The van der Waals surface area contributed by atoms with Gasteiger partial charge in [-0.25, -0.2) is 0 Å². The van der Waals surface area contributed by atoms with E-state index in [1.54, 1.807) is 7.05 Å². The van der Waals surface area contributed by atoms with Crippen LogP contribution in [-0.2, 0) is 9.59 Å². The van der Waals surface area contributed by atoms with Crippen LogP contribution in [0.25, 0.3) is 0 Å². The highest BCUT2D eigenvalue weighted by atomic mass is 16.2. The van der Waals surface area contributed by atoms with E-state index in [2.05, 4.69) is 5.32 Å². The van der Waals surface area contributed by atoms with E-state index in [0.29, 0.717) is 12.8 Å². The number of carbonyl (C=O) groups is 2. The molecule has 0 aliphatic rings. The zero-order valence-electron chi connectivity index (χ0n) is 9.17. The SMILES string of the molecule is CCCC(=O)CC(C)[C@H](N)C(=O)NC. The second-order valence-electron chi connectivity index (χ2n) is 3.61. The Balaban J connectivity index is 4.00. The van der Waals surface area contributed by atoms with E-state index in [0.717, 1.165) is 6.42 Å². The monoisotopic (exact) mass is 200 g/mol. The standard InChI is InChI=1S/C10H20N2O2/c1-4-5-8(13)6-7(2)9(11)10(14)12-3/h7,9H,4-6,11H2,1-3H3,(H,12,14)/t7?,9-/m0/s1. The van der Waals surface area contributed by atoms with Crippen molar-refractivity contribution < 1.29 is 9.59 Å². The van der Waals surface area contributed by atoms with Crippen molar-refractivity contribution in [1.29, 1.82) is 0 Å². The molecule has 14 heavy (non-hydrogen) atoms. The minimum atomic E-state index is -0.583. The smallest absolute Gasteiger partial charge is 0.236 e. The van der Waals surface area contributed by atoms with Crippen molar-refractivity contribution in [2.24, 2.45) is 11.7 Å². The molecule has 1 unspecified atom stereocenters. The maximum atomic E-state index is 11.3. The summed E-state index contributed by atoms with van der Waals surface area (Å²) in [4.78, 5) is 22.4. The summed E-state index contributed by atoms with van der Waals surface area (Å²) >= 11 is 0. The summed E-state index contributed by atoms with van der Waals surface area (Å²) in [5.74, 6) is -0.116. The highest BCUT2D eigenvalue weighted by Crippen LogP contribution is 2.09. The van der Waals surface area contributed by atoms with E-state index >= 15 is 0 Å². The first-order valence-electron chi connectivity index (χ1n) is 5.01. The van der Waals surface area contributed by atoms with Gasteiger partial charge in [-0.05, 0) is 12.3 Å². The molecule has 0 heterocycles. The van der Waals surface area contributed by atoms with Gasteiger partial charge in [0, 0.05) is 19.9 Å². The fourth-order valence-electron chi connectivity index (χ4n) is 1.29. The third-order valence-electron chi connectivity index (χ3n) is 2.24. The first-order chi connectivity index (χ1) is 6.52.